The van der Waals surface area contributed by atoms with Gasteiger partial charge in [0, 0.05) is 5.02 Å². The number of halogens is 2. The average Bonchev–Trinajstić information content (AvgIpc) is 2.74. The molecule has 0 aliphatic rings. The van der Waals surface area contributed by atoms with Crippen molar-refractivity contribution in [3.63, 3.8) is 0 Å². The molecule has 0 spiro atoms. The second kappa shape index (κ2) is 9.94. The maximum Gasteiger partial charge on any atom is 0.244 e. The van der Waals surface area contributed by atoms with Crippen molar-refractivity contribution in [1.29, 1.82) is 0 Å². The monoisotopic (exact) mass is 490 g/mol. The zero-order valence-corrected chi connectivity index (χ0v) is 20.2. The third kappa shape index (κ3) is 5.44. The van der Waals surface area contributed by atoms with E-state index in [0.29, 0.717) is 5.02 Å². The number of amides is 1. The van der Waals surface area contributed by atoms with Crippen molar-refractivity contribution in [3.05, 3.63) is 99.5 Å². The molecule has 3 rings (SSSR count). The molecule has 1 N–H and O–H groups in total. The minimum atomic E-state index is -3.85. The van der Waals surface area contributed by atoms with E-state index < -0.39 is 28.0 Å². The number of anilines is 1. The number of benzene rings is 3. The van der Waals surface area contributed by atoms with Gasteiger partial charge in [0.05, 0.1) is 23.0 Å². The van der Waals surface area contributed by atoms with Gasteiger partial charge < -0.3 is 5.32 Å². The summed E-state index contributed by atoms with van der Waals surface area (Å²) in [5.74, 6) is -0.469. The third-order valence-corrected chi connectivity index (χ3v) is 6.94. The molecule has 0 fully saturated rings. The van der Waals surface area contributed by atoms with E-state index >= 15 is 0 Å². The fraction of sp³-hybridized carbons (Fsp3) is 0.208. The van der Waals surface area contributed by atoms with Gasteiger partial charge in [-0.1, -0.05) is 77.8 Å². The van der Waals surface area contributed by atoms with E-state index in [4.69, 9.17) is 23.2 Å². The molecule has 2 unspecified atom stereocenters. The van der Waals surface area contributed by atoms with E-state index in [0.717, 1.165) is 27.3 Å². The number of nitrogens with one attached hydrogen (secondary N) is 1. The standard InChI is InChI=1S/C24H24Cl2N2O3S/c1-16-9-7-8-12-20(16)23(18-10-5-4-6-11-18)27-24(29)17(2)28(32(3,30)31)22-15-19(25)13-14-21(22)26/h4-15,17,23H,1-3H3,(H,27,29). The van der Waals surface area contributed by atoms with Gasteiger partial charge in [-0.25, -0.2) is 8.42 Å². The molecular weight excluding hydrogens is 467 g/mol. The second-order valence-corrected chi connectivity index (χ2v) is 10.2. The van der Waals surface area contributed by atoms with Crippen LogP contribution in [-0.4, -0.2) is 26.6 Å². The van der Waals surface area contributed by atoms with Gasteiger partial charge in [0.25, 0.3) is 0 Å². The Bertz CT molecular complexity index is 1220. The van der Waals surface area contributed by atoms with Gasteiger partial charge in [0.1, 0.15) is 6.04 Å². The van der Waals surface area contributed by atoms with Crippen molar-refractivity contribution in [1.82, 2.24) is 5.32 Å². The van der Waals surface area contributed by atoms with Gasteiger partial charge in [-0.05, 0) is 48.7 Å². The highest BCUT2D eigenvalue weighted by atomic mass is 35.5. The van der Waals surface area contributed by atoms with Crippen LogP contribution in [0.15, 0.2) is 72.8 Å². The third-order valence-electron chi connectivity index (χ3n) is 5.15. The minimum Gasteiger partial charge on any atom is -0.343 e. The van der Waals surface area contributed by atoms with Crippen LogP contribution in [0.1, 0.15) is 29.7 Å². The summed E-state index contributed by atoms with van der Waals surface area (Å²) in [5, 5.41) is 3.52. The van der Waals surface area contributed by atoms with E-state index in [9.17, 15) is 13.2 Å². The van der Waals surface area contributed by atoms with Gasteiger partial charge in [0.2, 0.25) is 15.9 Å². The van der Waals surface area contributed by atoms with E-state index in [-0.39, 0.29) is 10.7 Å². The molecular formula is C24H24Cl2N2O3S. The Morgan fingerprint density at radius 2 is 1.59 bits per heavy atom. The Hall–Kier alpha value is -2.54. The highest BCUT2D eigenvalue weighted by Crippen LogP contribution is 2.33. The number of carbonyl (C=O) groups excluding carboxylic acids is 1. The van der Waals surface area contributed by atoms with E-state index in [1.54, 1.807) is 6.07 Å². The predicted octanol–water partition coefficient (Wildman–Crippen LogP) is 5.36. The van der Waals surface area contributed by atoms with Crippen LogP contribution in [-0.2, 0) is 14.8 Å². The quantitative estimate of drug-likeness (QED) is 0.484. The molecule has 0 aliphatic carbocycles. The molecule has 168 valence electrons. The van der Waals surface area contributed by atoms with Crippen LogP contribution in [0.4, 0.5) is 5.69 Å². The van der Waals surface area contributed by atoms with Crippen molar-refractivity contribution in [3.8, 4) is 0 Å². The molecule has 2 atom stereocenters. The first-order valence-electron chi connectivity index (χ1n) is 9.95. The van der Waals surface area contributed by atoms with E-state index in [1.165, 1.54) is 19.1 Å². The summed E-state index contributed by atoms with van der Waals surface area (Å²) in [7, 11) is -3.85. The molecule has 0 aromatic heterocycles. The second-order valence-electron chi connectivity index (χ2n) is 7.54. The number of hydrogen-bond acceptors (Lipinski definition) is 3. The Morgan fingerprint density at radius 1 is 0.969 bits per heavy atom. The lowest BCUT2D eigenvalue weighted by atomic mass is 9.94. The van der Waals surface area contributed by atoms with Crippen LogP contribution < -0.4 is 9.62 Å². The normalized spacial score (nSPS) is 13.3. The summed E-state index contributed by atoms with van der Waals surface area (Å²) in [6.45, 7) is 3.49. The number of hydrogen-bond donors (Lipinski definition) is 1. The molecule has 0 bridgehead atoms. The SMILES string of the molecule is Cc1ccccc1C(NC(=O)C(C)N(c1cc(Cl)ccc1Cl)S(C)(=O)=O)c1ccccc1. The molecule has 0 saturated carbocycles. The Morgan fingerprint density at radius 3 is 2.22 bits per heavy atom. The largest absolute Gasteiger partial charge is 0.343 e. The number of sulfonamides is 1. The van der Waals surface area contributed by atoms with E-state index in [2.05, 4.69) is 5.32 Å². The summed E-state index contributed by atoms with van der Waals surface area (Å²) in [5.41, 5.74) is 2.96. The number of aryl methyl sites for hydroxylation is 1. The molecule has 5 nitrogen and oxygen atoms in total. The lowest BCUT2D eigenvalue weighted by Gasteiger charge is -2.31. The zero-order chi connectivity index (χ0) is 23.5. The van der Waals surface area contributed by atoms with Crippen molar-refractivity contribution >= 4 is 44.8 Å². The fourth-order valence-corrected chi connectivity index (χ4v) is 5.20. The molecule has 0 heterocycles. The fourth-order valence-electron chi connectivity index (χ4n) is 3.60. The van der Waals surface area contributed by atoms with Crippen LogP contribution >= 0.6 is 23.2 Å². The molecule has 0 radical (unpaired) electrons. The van der Waals surface area contributed by atoms with Crippen LogP contribution in [0.5, 0.6) is 0 Å². The number of nitrogens with zero attached hydrogens (tertiary/aromatic N) is 1. The van der Waals surface area contributed by atoms with Gasteiger partial charge in [0.15, 0.2) is 0 Å². The van der Waals surface area contributed by atoms with Crippen molar-refractivity contribution in [2.75, 3.05) is 10.6 Å². The summed E-state index contributed by atoms with van der Waals surface area (Å²) in [6, 6.07) is 20.2. The minimum absolute atomic E-state index is 0.150. The Kier molecular flexibility index (Phi) is 7.49. The molecule has 32 heavy (non-hydrogen) atoms. The molecule has 0 aliphatic heterocycles. The first kappa shape index (κ1) is 24.1. The molecule has 3 aromatic carbocycles. The van der Waals surface area contributed by atoms with E-state index in [1.807, 2.05) is 61.5 Å². The summed E-state index contributed by atoms with van der Waals surface area (Å²) >= 11 is 12.3. The van der Waals surface area contributed by atoms with Crippen LogP contribution in [0.25, 0.3) is 0 Å². The van der Waals surface area contributed by atoms with Crippen molar-refractivity contribution in [2.45, 2.75) is 25.9 Å². The smallest absolute Gasteiger partial charge is 0.244 e. The maximum atomic E-state index is 13.4. The molecule has 1 amide bonds. The Balaban J connectivity index is 2.01. The number of carbonyl (C=O) groups is 1. The zero-order valence-electron chi connectivity index (χ0n) is 17.9. The predicted molar refractivity (Wildman–Crippen MR) is 131 cm³/mol. The van der Waals surface area contributed by atoms with Gasteiger partial charge in [-0.2, -0.15) is 0 Å². The number of rotatable bonds is 7. The van der Waals surface area contributed by atoms with Gasteiger partial charge in [-0.3, -0.25) is 9.10 Å². The summed E-state index contributed by atoms with van der Waals surface area (Å²) < 4.78 is 26.3. The highest BCUT2D eigenvalue weighted by Gasteiger charge is 2.32. The van der Waals surface area contributed by atoms with Gasteiger partial charge in [-0.15, -0.1) is 0 Å². The lowest BCUT2D eigenvalue weighted by Crippen LogP contribution is -2.49. The van der Waals surface area contributed by atoms with Crippen LogP contribution in [0.2, 0.25) is 10.0 Å². The first-order chi connectivity index (χ1) is 15.1. The van der Waals surface area contributed by atoms with Crippen molar-refractivity contribution in [2.24, 2.45) is 0 Å². The summed E-state index contributed by atoms with van der Waals surface area (Å²) in [6.07, 6.45) is 1.03. The summed E-state index contributed by atoms with van der Waals surface area (Å²) in [4.78, 5) is 13.4. The van der Waals surface area contributed by atoms with Crippen LogP contribution in [0, 0.1) is 6.92 Å². The van der Waals surface area contributed by atoms with Gasteiger partial charge >= 0.3 is 0 Å². The maximum absolute atomic E-state index is 13.4. The molecule has 8 heteroatoms. The first-order valence-corrected chi connectivity index (χ1v) is 12.6. The topological polar surface area (TPSA) is 66.5 Å². The highest BCUT2D eigenvalue weighted by molar-refractivity contribution is 7.92. The van der Waals surface area contributed by atoms with Crippen LogP contribution in [0.3, 0.4) is 0 Å². The lowest BCUT2D eigenvalue weighted by molar-refractivity contribution is -0.122. The average molecular weight is 491 g/mol. The Labute approximate surface area is 199 Å². The molecule has 3 aromatic rings. The molecule has 0 saturated heterocycles. The van der Waals surface area contributed by atoms with Crippen molar-refractivity contribution < 1.29 is 13.2 Å².